The Morgan fingerprint density at radius 1 is 0.520 bits per heavy atom. The summed E-state index contributed by atoms with van der Waals surface area (Å²) in [6, 6.07) is 46.5. The minimum atomic E-state index is -1.12. The molecule has 18 nitrogen and oxygen atoms in total. The molecule has 0 spiro atoms. The van der Waals surface area contributed by atoms with Crippen LogP contribution in [0.5, 0.6) is 23.0 Å². The Morgan fingerprint density at radius 3 is 1.21 bits per heavy atom. The summed E-state index contributed by atoms with van der Waals surface area (Å²) in [7, 11) is 1.25. The number of nitrogens with one attached hydrogen (secondary N) is 2. The highest BCUT2D eigenvalue weighted by atomic mass is 35.5. The van der Waals surface area contributed by atoms with Gasteiger partial charge in [-0.25, -0.2) is 28.3 Å². The molecule has 0 fully saturated rings. The van der Waals surface area contributed by atoms with Gasteiger partial charge in [0.05, 0.1) is 32.0 Å². The number of para-hydroxylation sites is 2. The third kappa shape index (κ3) is 16.0. The predicted molar refractivity (Wildman–Crippen MR) is 298 cm³/mol. The second kappa shape index (κ2) is 27.3. The average Bonchev–Trinajstić information content (AvgIpc) is 3.39. The zero-order valence-corrected chi connectivity index (χ0v) is 44.1. The van der Waals surface area contributed by atoms with Gasteiger partial charge in [-0.15, -0.1) is 0 Å². The Bertz CT molecular complexity index is 3420. The van der Waals surface area contributed by atoms with Gasteiger partial charge in [0, 0.05) is 34.5 Å². The Labute approximate surface area is 453 Å². The van der Waals surface area contributed by atoms with Crippen molar-refractivity contribution >= 4 is 85.4 Å². The third-order valence-electron chi connectivity index (χ3n) is 10.9. The highest BCUT2D eigenvalue weighted by Crippen LogP contribution is 2.26. The number of ether oxygens (including phenoxy) is 3. The van der Waals surface area contributed by atoms with E-state index in [1.54, 1.807) is 104 Å². The van der Waals surface area contributed by atoms with Crippen molar-refractivity contribution in [2.24, 2.45) is 11.8 Å². The summed E-state index contributed by atoms with van der Waals surface area (Å²) < 4.78 is 20.7. The number of aromatic nitrogens is 6. The summed E-state index contributed by atoms with van der Waals surface area (Å²) >= 11 is 12.0. The Balaban J connectivity index is 0.000000270. The van der Waals surface area contributed by atoms with E-state index in [0.29, 0.717) is 44.4 Å². The maximum Gasteiger partial charge on any atom is 0.354 e. The molecule has 2 aromatic heterocycles. The minimum Gasteiger partial charge on any atom is -0.481 e. The van der Waals surface area contributed by atoms with E-state index in [1.807, 2.05) is 60.7 Å². The number of carbonyl (C=O) groups excluding carboxylic acids is 1. The number of carboxylic acid groups (broad SMARTS) is 1. The minimum absolute atomic E-state index is 0. The number of nitrogens with zero attached hydrogens (tertiary/aromatic N) is 6. The Hall–Kier alpha value is -8.04. The van der Waals surface area contributed by atoms with Crippen molar-refractivity contribution < 1.29 is 28.9 Å². The summed E-state index contributed by atoms with van der Waals surface area (Å²) in [5, 5.41) is 16.4. The number of benzene rings is 6. The van der Waals surface area contributed by atoms with Gasteiger partial charge in [0.15, 0.2) is 0 Å². The summed E-state index contributed by atoms with van der Waals surface area (Å²) in [6.07, 6.45) is 0. The number of carboxylic acids is 1. The van der Waals surface area contributed by atoms with E-state index < -0.39 is 46.5 Å². The van der Waals surface area contributed by atoms with Gasteiger partial charge in [-0.05, 0) is 108 Å². The molecule has 75 heavy (non-hydrogen) atoms. The van der Waals surface area contributed by atoms with Gasteiger partial charge < -0.3 is 30.0 Å². The molecule has 8 aromatic rings. The Morgan fingerprint density at radius 2 is 0.867 bits per heavy atom. The fourth-order valence-electron chi connectivity index (χ4n) is 7.01. The van der Waals surface area contributed by atoms with Crippen LogP contribution in [0, 0.1) is 11.8 Å². The first-order chi connectivity index (χ1) is 35.1. The number of esters is 1. The molecule has 2 heterocycles. The number of hydrogen-bond acceptors (Lipinski definition) is 13. The van der Waals surface area contributed by atoms with E-state index in [9.17, 15) is 33.9 Å². The molecule has 0 aliphatic carbocycles. The van der Waals surface area contributed by atoms with Gasteiger partial charge in [0.25, 0.3) is 0 Å². The van der Waals surface area contributed by atoms with Crippen LogP contribution in [-0.2, 0) is 40.5 Å². The molecule has 8 rings (SSSR count). The van der Waals surface area contributed by atoms with Gasteiger partial charge in [0.1, 0.15) is 23.0 Å². The lowest BCUT2D eigenvalue weighted by molar-refractivity contribution is -0.145. The lowest BCUT2D eigenvalue weighted by Gasteiger charge is -2.17. The quantitative estimate of drug-likeness (QED) is 0.0683. The summed E-state index contributed by atoms with van der Waals surface area (Å²) in [5.74, 6) is -0.607. The normalized spacial score (nSPS) is 11.3. The fraction of sp³-hybridized carbons (Fsp3) is 0.170. The van der Waals surface area contributed by atoms with Crippen molar-refractivity contribution in [1.82, 2.24) is 28.2 Å². The summed E-state index contributed by atoms with van der Waals surface area (Å²) in [6.45, 7) is 2.74. The number of anilines is 4. The molecule has 0 saturated carbocycles. The van der Waals surface area contributed by atoms with E-state index in [4.69, 9.17) is 37.4 Å². The first kappa shape index (κ1) is 57.9. The highest BCUT2D eigenvalue weighted by molar-refractivity contribution is 7.59. The predicted octanol–water partition coefficient (Wildman–Crippen LogP) is 9.04. The lowest BCUT2D eigenvalue weighted by Crippen LogP contribution is -2.44. The first-order valence-corrected chi connectivity index (χ1v) is 23.3. The van der Waals surface area contributed by atoms with Crippen LogP contribution in [0.4, 0.5) is 23.3 Å². The zero-order valence-electron chi connectivity index (χ0n) is 40.6. The van der Waals surface area contributed by atoms with Crippen LogP contribution in [0.25, 0.3) is 0 Å². The molecule has 3 N–H and O–H groups in total. The molecular formula is C53H52Cl2N8O10S2. The average molecular weight is 1100 g/mol. The fourth-order valence-corrected chi connectivity index (χ4v) is 7.27. The van der Waals surface area contributed by atoms with Crippen LogP contribution >= 0.6 is 50.2 Å². The second-order valence-corrected chi connectivity index (χ2v) is 17.3. The molecule has 0 bridgehead atoms. The van der Waals surface area contributed by atoms with Crippen LogP contribution < -0.4 is 42.9 Å². The largest absolute Gasteiger partial charge is 0.481 e. The van der Waals surface area contributed by atoms with Crippen LogP contribution in [-0.4, -0.2) is 52.4 Å². The van der Waals surface area contributed by atoms with Gasteiger partial charge in [-0.2, -0.15) is 37.0 Å². The van der Waals surface area contributed by atoms with Crippen LogP contribution in [0.1, 0.15) is 25.0 Å². The zero-order chi connectivity index (χ0) is 52.0. The second-order valence-electron chi connectivity index (χ2n) is 16.4. The first-order valence-electron chi connectivity index (χ1n) is 22.6. The third-order valence-corrected chi connectivity index (χ3v) is 11.4. The van der Waals surface area contributed by atoms with Gasteiger partial charge in [-0.3, -0.25) is 18.7 Å². The van der Waals surface area contributed by atoms with Crippen molar-refractivity contribution in [2.45, 2.75) is 40.0 Å². The SMILES string of the molecule is COC(=O)[C@@H](C)Cn1c(=O)nc(Nc2ccc(Oc3ccccc3)cc2)n(Cc2ccc(Cl)cc2)c1=O.C[C@@H](Cn1c(=O)nc(Nc2ccc(Oc3ccccc3)cc2)n(Cc2ccc(Cl)cc2)c1=O)C(=O)O.S.S. The van der Waals surface area contributed by atoms with Gasteiger partial charge in [-0.1, -0.05) is 97.7 Å². The number of carbonyl (C=O) groups is 2. The molecule has 390 valence electrons. The Kier molecular flexibility index (Phi) is 21.1. The number of halogens is 2. The van der Waals surface area contributed by atoms with Crippen LogP contribution in [0.15, 0.2) is 177 Å². The molecule has 0 aliphatic heterocycles. The maximum absolute atomic E-state index is 13.4. The van der Waals surface area contributed by atoms with E-state index in [-0.39, 0.29) is 65.1 Å². The molecule has 0 radical (unpaired) electrons. The molecule has 22 heteroatoms. The number of methoxy groups -OCH3 is 1. The van der Waals surface area contributed by atoms with Crippen molar-refractivity contribution in [3.8, 4) is 23.0 Å². The smallest absolute Gasteiger partial charge is 0.354 e. The molecule has 0 aliphatic rings. The van der Waals surface area contributed by atoms with E-state index in [0.717, 1.165) is 20.3 Å². The topological polar surface area (TPSA) is 220 Å². The van der Waals surface area contributed by atoms with Crippen LogP contribution in [0.2, 0.25) is 10.0 Å². The molecule has 2 atom stereocenters. The molecule has 0 unspecified atom stereocenters. The van der Waals surface area contributed by atoms with E-state index in [2.05, 4.69) is 20.6 Å². The molecule has 6 aromatic carbocycles. The maximum atomic E-state index is 13.4. The number of hydrogen-bond donors (Lipinski definition) is 3. The highest BCUT2D eigenvalue weighted by Gasteiger charge is 2.21. The number of rotatable bonds is 18. The summed E-state index contributed by atoms with van der Waals surface area (Å²) in [5.41, 5.74) is -0.225. The van der Waals surface area contributed by atoms with E-state index in [1.165, 1.54) is 23.2 Å². The van der Waals surface area contributed by atoms with Crippen LogP contribution in [0.3, 0.4) is 0 Å². The molecule has 0 amide bonds. The molecular weight excluding hydrogens is 1040 g/mol. The molecule has 0 saturated heterocycles. The standard InChI is InChI=1S/C27H25ClN4O5.C26H23ClN4O5.2H2S/c1-18(24(33)36-2)16-32-26(34)30-25(31(27(32)35)17-19-8-10-20(28)11-9-19)29-21-12-14-23(15-13-21)37-22-6-4-3-5-7-22;1-17(23(32)33)15-31-25(34)29-24(30(26(31)35)16-18-7-9-19(27)10-8-18)28-20-11-13-22(14-12-20)36-21-5-3-2-4-6-21;;/h3-15,18H,16-17H2,1-2H3,(H,29,30,34);2-14,17H,15-16H2,1H3,(H,32,33)(H,28,29,34);2*1H2/t18-;17-;;/m00../s1. The van der Waals surface area contributed by atoms with Gasteiger partial charge in [0.2, 0.25) is 11.9 Å². The lowest BCUT2D eigenvalue weighted by atomic mass is 10.2. The van der Waals surface area contributed by atoms with Crippen molar-refractivity contribution in [1.29, 1.82) is 0 Å². The van der Waals surface area contributed by atoms with Crippen molar-refractivity contribution in [3.63, 3.8) is 0 Å². The number of aliphatic carboxylic acids is 1. The van der Waals surface area contributed by atoms with Crippen molar-refractivity contribution in [2.75, 3.05) is 17.7 Å². The monoisotopic (exact) mass is 1090 g/mol. The summed E-state index contributed by atoms with van der Waals surface area (Å²) in [4.78, 5) is 83.6. The van der Waals surface area contributed by atoms with Gasteiger partial charge >= 0.3 is 34.7 Å². The van der Waals surface area contributed by atoms with Crippen molar-refractivity contribution in [3.05, 3.63) is 221 Å². The van der Waals surface area contributed by atoms with E-state index >= 15 is 0 Å².